The number of benzene rings is 9. The topological polar surface area (TPSA) is 48.5 Å². The van der Waals surface area contributed by atoms with E-state index in [1.54, 1.807) is 0 Å². The zero-order chi connectivity index (χ0) is 41.0. The molecule has 0 atom stereocenters. The lowest BCUT2D eigenvalue weighted by atomic mass is 9.95. The molecule has 5 heteroatoms. The second-order valence-corrected chi connectivity index (χ2v) is 15.5. The number of hydrogen-bond acceptors (Lipinski definition) is 3. The van der Waals surface area contributed by atoms with E-state index in [1.807, 2.05) is 18.2 Å². The van der Waals surface area contributed by atoms with E-state index in [2.05, 4.69) is 215 Å². The molecule has 0 aliphatic carbocycles. The number of fused-ring (bicyclic) bond motifs is 6. The minimum Gasteiger partial charge on any atom is -0.308 e. The molecular formula is C57H37N5. The first-order valence-electron chi connectivity index (χ1n) is 21.0. The third-order valence-electron chi connectivity index (χ3n) is 12.0. The zero-order valence-electron chi connectivity index (χ0n) is 33.6. The molecule has 0 saturated heterocycles. The minimum atomic E-state index is 0.584. The normalized spacial score (nSPS) is 11.5. The summed E-state index contributed by atoms with van der Waals surface area (Å²) in [5.41, 5.74) is 13.4. The Morgan fingerprint density at radius 2 is 0.548 bits per heavy atom. The van der Waals surface area contributed by atoms with Crippen LogP contribution >= 0.6 is 0 Å². The summed E-state index contributed by atoms with van der Waals surface area (Å²) < 4.78 is 4.75. The standard InChI is InChI=1S/C57H37N5/c1-4-20-38(21-5-1)41-30-18-36-51(61-47-32-14-10-26-43(47)44-27-11-15-33-48(44)61)53(41)56-58-55(40-24-8-3-9-25-40)59-57(60-56)54-42(39-22-6-2-7-23-39)31-19-37-52(54)62-49-34-16-12-28-45(49)46-29-13-17-35-50(46)62/h1-37H. The maximum atomic E-state index is 5.68. The molecule has 62 heavy (non-hydrogen) atoms. The summed E-state index contributed by atoms with van der Waals surface area (Å²) in [5, 5.41) is 4.75. The molecule has 12 aromatic rings. The predicted molar refractivity (Wildman–Crippen MR) is 256 cm³/mol. The van der Waals surface area contributed by atoms with E-state index in [1.165, 1.54) is 21.5 Å². The van der Waals surface area contributed by atoms with Crippen LogP contribution < -0.4 is 0 Å². The first-order chi connectivity index (χ1) is 30.8. The second-order valence-electron chi connectivity index (χ2n) is 15.5. The molecule has 5 nitrogen and oxygen atoms in total. The molecule has 0 fully saturated rings. The Labute approximate surface area is 358 Å². The molecule has 9 aromatic carbocycles. The highest BCUT2D eigenvalue weighted by molar-refractivity contribution is 6.11. The largest absolute Gasteiger partial charge is 0.308 e. The number of rotatable bonds is 7. The van der Waals surface area contributed by atoms with Crippen LogP contribution in [0.4, 0.5) is 0 Å². The van der Waals surface area contributed by atoms with Gasteiger partial charge in [0, 0.05) is 27.1 Å². The summed E-state index contributed by atoms with van der Waals surface area (Å²) in [6.07, 6.45) is 0. The molecule has 0 amide bonds. The van der Waals surface area contributed by atoms with Crippen molar-refractivity contribution in [3.63, 3.8) is 0 Å². The van der Waals surface area contributed by atoms with E-state index in [0.717, 1.165) is 72.4 Å². The quantitative estimate of drug-likeness (QED) is 0.162. The molecule has 0 bridgehead atoms. The average molecular weight is 792 g/mol. The van der Waals surface area contributed by atoms with Crippen molar-refractivity contribution >= 4 is 43.6 Å². The molecule has 0 aliphatic heterocycles. The highest BCUT2D eigenvalue weighted by atomic mass is 15.1. The Balaban J connectivity index is 1.23. The van der Waals surface area contributed by atoms with Crippen LogP contribution in [0.25, 0.3) is 111 Å². The fourth-order valence-corrected chi connectivity index (χ4v) is 9.32. The molecule has 0 unspecified atom stereocenters. The van der Waals surface area contributed by atoms with Gasteiger partial charge in [0.25, 0.3) is 0 Å². The summed E-state index contributed by atoms with van der Waals surface area (Å²) in [6.45, 7) is 0. The van der Waals surface area contributed by atoms with E-state index in [9.17, 15) is 0 Å². The SMILES string of the molecule is c1ccc(-c2nc(-c3c(-c4ccccc4)cccc3-n3c4ccccc4c4ccccc43)nc(-c3c(-c4ccccc4)cccc3-n3c4ccccc4c4ccccc43)n2)cc1. The summed E-state index contributed by atoms with van der Waals surface area (Å²) in [7, 11) is 0. The van der Waals surface area contributed by atoms with Gasteiger partial charge in [0.05, 0.1) is 44.6 Å². The Morgan fingerprint density at radius 1 is 0.242 bits per heavy atom. The van der Waals surface area contributed by atoms with Crippen LogP contribution in [0.15, 0.2) is 224 Å². The van der Waals surface area contributed by atoms with Gasteiger partial charge in [0.2, 0.25) is 0 Å². The van der Waals surface area contributed by atoms with Crippen LogP contribution in [0.2, 0.25) is 0 Å². The average Bonchev–Trinajstić information content (AvgIpc) is 3.87. The maximum Gasteiger partial charge on any atom is 0.166 e. The highest BCUT2D eigenvalue weighted by Gasteiger charge is 2.26. The Kier molecular flexibility index (Phi) is 8.42. The van der Waals surface area contributed by atoms with Crippen molar-refractivity contribution in [2.24, 2.45) is 0 Å². The molecule has 3 heterocycles. The molecule has 0 N–H and O–H groups in total. The summed E-state index contributed by atoms with van der Waals surface area (Å²) in [4.78, 5) is 16.6. The lowest BCUT2D eigenvalue weighted by Gasteiger charge is -2.20. The predicted octanol–water partition coefficient (Wildman–Crippen LogP) is 14.4. The lowest BCUT2D eigenvalue weighted by molar-refractivity contribution is 1.06. The Hall–Kier alpha value is -8.41. The van der Waals surface area contributed by atoms with Gasteiger partial charge in [-0.15, -0.1) is 0 Å². The minimum absolute atomic E-state index is 0.584. The molecule has 3 aromatic heterocycles. The van der Waals surface area contributed by atoms with E-state index in [-0.39, 0.29) is 0 Å². The summed E-state index contributed by atoms with van der Waals surface area (Å²) >= 11 is 0. The first-order valence-corrected chi connectivity index (χ1v) is 21.0. The first kappa shape index (κ1) is 35.5. The highest BCUT2D eigenvalue weighted by Crippen LogP contribution is 2.44. The van der Waals surface area contributed by atoms with Crippen LogP contribution in [0.5, 0.6) is 0 Å². The number of nitrogens with zero attached hydrogens (tertiary/aromatic N) is 5. The molecule has 0 spiro atoms. The fraction of sp³-hybridized carbons (Fsp3) is 0. The van der Waals surface area contributed by atoms with E-state index in [0.29, 0.717) is 17.5 Å². The van der Waals surface area contributed by atoms with Crippen molar-refractivity contribution in [2.45, 2.75) is 0 Å². The second kappa shape index (κ2) is 14.7. The van der Waals surface area contributed by atoms with Crippen molar-refractivity contribution in [1.29, 1.82) is 0 Å². The summed E-state index contributed by atoms with van der Waals surface area (Å²) in [6, 6.07) is 79.1. The molecule has 0 aliphatic rings. The van der Waals surface area contributed by atoms with E-state index in [4.69, 9.17) is 15.0 Å². The van der Waals surface area contributed by atoms with Gasteiger partial charge in [-0.1, -0.05) is 188 Å². The molecule has 0 saturated carbocycles. The number of para-hydroxylation sites is 4. The summed E-state index contributed by atoms with van der Waals surface area (Å²) in [5.74, 6) is 1.76. The van der Waals surface area contributed by atoms with E-state index >= 15 is 0 Å². The maximum absolute atomic E-state index is 5.68. The van der Waals surface area contributed by atoms with Gasteiger partial charge in [0.15, 0.2) is 17.5 Å². The van der Waals surface area contributed by atoms with Gasteiger partial charge in [-0.05, 0) is 58.7 Å². The van der Waals surface area contributed by atoms with Crippen LogP contribution in [0.1, 0.15) is 0 Å². The number of aromatic nitrogens is 5. The smallest absolute Gasteiger partial charge is 0.166 e. The van der Waals surface area contributed by atoms with Gasteiger partial charge in [0.1, 0.15) is 0 Å². The van der Waals surface area contributed by atoms with Gasteiger partial charge < -0.3 is 9.13 Å². The third kappa shape index (κ3) is 5.75. The van der Waals surface area contributed by atoms with Crippen molar-refractivity contribution in [3.8, 4) is 67.8 Å². The fourth-order valence-electron chi connectivity index (χ4n) is 9.32. The Bertz CT molecular complexity index is 3300. The van der Waals surface area contributed by atoms with Crippen LogP contribution in [-0.2, 0) is 0 Å². The van der Waals surface area contributed by atoms with Crippen molar-refractivity contribution in [2.75, 3.05) is 0 Å². The van der Waals surface area contributed by atoms with E-state index < -0.39 is 0 Å². The Morgan fingerprint density at radius 3 is 0.919 bits per heavy atom. The number of hydrogen-bond donors (Lipinski definition) is 0. The monoisotopic (exact) mass is 791 g/mol. The van der Waals surface area contributed by atoms with Crippen molar-refractivity contribution in [1.82, 2.24) is 24.1 Å². The van der Waals surface area contributed by atoms with Crippen LogP contribution in [0.3, 0.4) is 0 Å². The van der Waals surface area contributed by atoms with Gasteiger partial charge in [-0.3, -0.25) is 0 Å². The lowest BCUT2D eigenvalue weighted by Crippen LogP contribution is -2.07. The molecular weight excluding hydrogens is 755 g/mol. The van der Waals surface area contributed by atoms with Gasteiger partial charge in [-0.25, -0.2) is 15.0 Å². The van der Waals surface area contributed by atoms with Crippen LogP contribution in [0, 0.1) is 0 Å². The van der Waals surface area contributed by atoms with Gasteiger partial charge >= 0.3 is 0 Å². The molecule has 0 radical (unpaired) electrons. The van der Waals surface area contributed by atoms with Crippen LogP contribution in [-0.4, -0.2) is 24.1 Å². The van der Waals surface area contributed by atoms with Crippen molar-refractivity contribution in [3.05, 3.63) is 224 Å². The third-order valence-corrected chi connectivity index (χ3v) is 12.0. The molecule has 290 valence electrons. The van der Waals surface area contributed by atoms with Crippen molar-refractivity contribution < 1.29 is 0 Å². The van der Waals surface area contributed by atoms with Gasteiger partial charge in [-0.2, -0.15) is 0 Å². The molecule has 12 rings (SSSR count). The zero-order valence-corrected chi connectivity index (χ0v) is 33.6.